The molecule has 0 radical (unpaired) electrons. The van der Waals surface area contributed by atoms with E-state index in [-0.39, 0.29) is 5.52 Å². The molecule has 27 heavy (non-hydrogen) atoms. The standard InChI is InChI=1S/C18H13ClF3N3S2/c1-3-26-14-10-5-4-6-11(19)13(10)27-15(14)17-24-12-7-9(18(20,21)22)8-23-16(12)25(17)2/h4-8H,3H2,1-2H3. The summed E-state index contributed by atoms with van der Waals surface area (Å²) in [5, 5.41) is 1.68. The van der Waals surface area contributed by atoms with Crippen molar-refractivity contribution >= 4 is 55.9 Å². The molecule has 0 N–H and O–H groups in total. The maximum Gasteiger partial charge on any atom is 0.417 e. The van der Waals surface area contributed by atoms with Crippen LogP contribution in [0.3, 0.4) is 0 Å². The molecule has 3 aromatic heterocycles. The van der Waals surface area contributed by atoms with Gasteiger partial charge in [0.1, 0.15) is 5.52 Å². The summed E-state index contributed by atoms with van der Waals surface area (Å²) in [6.45, 7) is 2.05. The van der Waals surface area contributed by atoms with Crippen LogP contribution in [0.4, 0.5) is 13.2 Å². The number of hydrogen-bond donors (Lipinski definition) is 0. The lowest BCUT2D eigenvalue weighted by Gasteiger charge is -2.05. The zero-order valence-electron chi connectivity index (χ0n) is 14.3. The van der Waals surface area contributed by atoms with Crippen molar-refractivity contribution in [2.45, 2.75) is 18.0 Å². The van der Waals surface area contributed by atoms with E-state index in [0.29, 0.717) is 16.5 Å². The summed E-state index contributed by atoms with van der Waals surface area (Å²) in [7, 11) is 1.76. The van der Waals surface area contributed by atoms with Crippen LogP contribution >= 0.6 is 34.7 Å². The summed E-state index contributed by atoms with van der Waals surface area (Å²) in [6.07, 6.45) is -3.61. The number of alkyl halides is 3. The van der Waals surface area contributed by atoms with Crippen molar-refractivity contribution in [1.29, 1.82) is 0 Å². The molecule has 0 saturated heterocycles. The number of nitrogens with zero attached hydrogens (tertiary/aromatic N) is 3. The van der Waals surface area contributed by atoms with Crippen molar-refractivity contribution < 1.29 is 13.2 Å². The van der Waals surface area contributed by atoms with Crippen LogP contribution in [0.25, 0.3) is 32.0 Å². The summed E-state index contributed by atoms with van der Waals surface area (Å²) in [4.78, 5) is 10.4. The topological polar surface area (TPSA) is 30.7 Å². The fourth-order valence-corrected chi connectivity index (χ4v) is 5.55. The van der Waals surface area contributed by atoms with E-state index < -0.39 is 11.7 Å². The van der Waals surface area contributed by atoms with E-state index in [1.165, 1.54) is 11.3 Å². The third kappa shape index (κ3) is 3.09. The highest BCUT2D eigenvalue weighted by molar-refractivity contribution is 7.99. The highest BCUT2D eigenvalue weighted by Crippen LogP contribution is 2.46. The molecule has 0 unspecified atom stereocenters. The molecule has 9 heteroatoms. The minimum Gasteiger partial charge on any atom is -0.311 e. The molecule has 3 nitrogen and oxygen atoms in total. The molecule has 1 aromatic carbocycles. The van der Waals surface area contributed by atoms with E-state index >= 15 is 0 Å². The Labute approximate surface area is 166 Å². The predicted molar refractivity (Wildman–Crippen MR) is 106 cm³/mol. The number of pyridine rings is 1. The Hall–Kier alpha value is -1.77. The van der Waals surface area contributed by atoms with Crippen LogP contribution in [0, 0.1) is 0 Å². The molecule has 4 rings (SSSR count). The number of halogens is 4. The van der Waals surface area contributed by atoms with Gasteiger partial charge in [-0.05, 0) is 17.9 Å². The number of fused-ring (bicyclic) bond motifs is 2. The SMILES string of the molecule is CCSc1c(-c2nc3cc(C(F)(F)F)cnc3n2C)sc2c(Cl)cccc12. The normalized spacial score (nSPS) is 12.4. The number of thioether (sulfide) groups is 1. The third-order valence-electron chi connectivity index (χ3n) is 4.15. The van der Waals surface area contributed by atoms with E-state index in [0.717, 1.165) is 37.9 Å². The van der Waals surface area contributed by atoms with Crippen LogP contribution in [0.2, 0.25) is 5.02 Å². The quantitative estimate of drug-likeness (QED) is 0.343. The lowest BCUT2D eigenvalue weighted by molar-refractivity contribution is -0.137. The van der Waals surface area contributed by atoms with Gasteiger partial charge < -0.3 is 4.57 Å². The van der Waals surface area contributed by atoms with Gasteiger partial charge in [0.15, 0.2) is 11.5 Å². The van der Waals surface area contributed by atoms with Crippen molar-refractivity contribution in [2.75, 3.05) is 5.75 Å². The smallest absolute Gasteiger partial charge is 0.311 e. The summed E-state index contributed by atoms with van der Waals surface area (Å²) in [5.41, 5.74) is -0.172. The Kier molecular flexibility index (Phi) is 4.60. The van der Waals surface area contributed by atoms with Gasteiger partial charge in [0.2, 0.25) is 0 Å². The first-order valence-electron chi connectivity index (χ1n) is 8.05. The van der Waals surface area contributed by atoms with Gasteiger partial charge >= 0.3 is 6.18 Å². The van der Waals surface area contributed by atoms with E-state index in [9.17, 15) is 13.2 Å². The Morgan fingerprint density at radius 2 is 2.07 bits per heavy atom. The third-order valence-corrected chi connectivity index (χ3v) is 6.94. The zero-order chi connectivity index (χ0) is 19.3. The van der Waals surface area contributed by atoms with Crippen molar-refractivity contribution in [1.82, 2.24) is 14.5 Å². The number of aryl methyl sites for hydroxylation is 1. The average molecular weight is 428 g/mol. The fourth-order valence-electron chi connectivity index (χ4n) is 2.93. The van der Waals surface area contributed by atoms with Crippen LogP contribution in [0.5, 0.6) is 0 Å². The van der Waals surface area contributed by atoms with Crippen LogP contribution < -0.4 is 0 Å². The number of aromatic nitrogens is 3. The van der Waals surface area contributed by atoms with Gasteiger partial charge in [-0.25, -0.2) is 9.97 Å². The molecule has 0 bridgehead atoms. The maximum absolute atomic E-state index is 13.0. The molecule has 0 atom stereocenters. The van der Waals surface area contributed by atoms with E-state index in [2.05, 4.69) is 16.9 Å². The molecule has 0 amide bonds. The minimum atomic E-state index is -4.45. The Morgan fingerprint density at radius 3 is 2.78 bits per heavy atom. The lowest BCUT2D eigenvalue weighted by Crippen LogP contribution is -2.05. The van der Waals surface area contributed by atoms with Crippen LogP contribution in [-0.4, -0.2) is 20.3 Å². The van der Waals surface area contributed by atoms with Gasteiger partial charge in [0, 0.05) is 23.5 Å². The van der Waals surface area contributed by atoms with Gasteiger partial charge in [0.25, 0.3) is 0 Å². The summed E-state index contributed by atoms with van der Waals surface area (Å²) in [5.74, 6) is 1.44. The second kappa shape index (κ2) is 6.68. The van der Waals surface area contributed by atoms with E-state index in [1.54, 1.807) is 23.4 Å². The number of imidazole rings is 1. The molecular formula is C18H13ClF3N3S2. The van der Waals surface area contributed by atoms with Gasteiger partial charge in [-0.3, -0.25) is 0 Å². The van der Waals surface area contributed by atoms with Gasteiger partial charge in [-0.15, -0.1) is 23.1 Å². The van der Waals surface area contributed by atoms with Crippen molar-refractivity contribution in [3.63, 3.8) is 0 Å². The monoisotopic (exact) mass is 427 g/mol. The molecule has 0 spiro atoms. The Balaban J connectivity index is 1.98. The van der Waals surface area contributed by atoms with Crippen molar-refractivity contribution in [3.8, 4) is 10.7 Å². The molecular weight excluding hydrogens is 415 g/mol. The van der Waals surface area contributed by atoms with Crippen LogP contribution in [-0.2, 0) is 13.2 Å². The molecule has 3 heterocycles. The number of benzene rings is 1. The second-order valence-corrected chi connectivity index (χ2v) is 8.57. The maximum atomic E-state index is 13.0. The summed E-state index contributed by atoms with van der Waals surface area (Å²) < 4.78 is 41.7. The highest BCUT2D eigenvalue weighted by Gasteiger charge is 2.32. The first-order valence-corrected chi connectivity index (χ1v) is 10.2. The van der Waals surface area contributed by atoms with E-state index in [1.807, 2.05) is 18.2 Å². The lowest BCUT2D eigenvalue weighted by atomic mass is 10.2. The largest absolute Gasteiger partial charge is 0.417 e. The first-order chi connectivity index (χ1) is 12.8. The molecule has 4 aromatic rings. The fraction of sp³-hybridized carbons (Fsp3) is 0.222. The van der Waals surface area contributed by atoms with Gasteiger partial charge in [-0.2, -0.15) is 13.2 Å². The molecule has 0 saturated carbocycles. The number of hydrogen-bond acceptors (Lipinski definition) is 4. The number of rotatable bonds is 3. The van der Waals surface area contributed by atoms with Gasteiger partial charge in [-0.1, -0.05) is 30.7 Å². The highest BCUT2D eigenvalue weighted by atomic mass is 35.5. The predicted octanol–water partition coefficient (Wildman–Crippen LogP) is 6.63. The Morgan fingerprint density at radius 1 is 1.30 bits per heavy atom. The minimum absolute atomic E-state index is 0.221. The van der Waals surface area contributed by atoms with Crippen molar-refractivity contribution in [3.05, 3.63) is 41.0 Å². The molecule has 0 aliphatic heterocycles. The average Bonchev–Trinajstić information content (AvgIpc) is 3.14. The molecule has 140 valence electrons. The molecule has 0 aliphatic carbocycles. The Bertz CT molecular complexity index is 1160. The van der Waals surface area contributed by atoms with E-state index in [4.69, 9.17) is 11.6 Å². The molecule has 0 aliphatic rings. The van der Waals surface area contributed by atoms with Crippen LogP contribution in [0.1, 0.15) is 12.5 Å². The number of thiophene rings is 1. The van der Waals surface area contributed by atoms with Crippen LogP contribution in [0.15, 0.2) is 35.4 Å². The second-order valence-electron chi connectivity index (χ2n) is 5.87. The molecule has 0 fully saturated rings. The first kappa shape index (κ1) is 18.6. The summed E-state index contributed by atoms with van der Waals surface area (Å²) >= 11 is 9.52. The van der Waals surface area contributed by atoms with Gasteiger partial charge in [0.05, 0.1) is 20.2 Å². The zero-order valence-corrected chi connectivity index (χ0v) is 16.7. The summed E-state index contributed by atoms with van der Waals surface area (Å²) in [6, 6.07) is 6.77. The van der Waals surface area contributed by atoms with Crippen molar-refractivity contribution in [2.24, 2.45) is 7.05 Å².